The van der Waals surface area contributed by atoms with Gasteiger partial charge in [-0.15, -0.1) is 0 Å². The molecule has 0 aliphatic rings. The SMILES string of the molecule is CC(C)(O)c1ccn2c(-c3ccc(F)c(Cl)c3)cnc2n1. The van der Waals surface area contributed by atoms with E-state index in [1.165, 1.54) is 6.07 Å². The number of fused-ring (bicyclic) bond motifs is 1. The summed E-state index contributed by atoms with van der Waals surface area (Å²) in [7, 11) is 0. The monoisotopic (exact) mass is 305 g/mol. The van der Waals surface area contributed by atoms with E-state index >= 15 is 0 Å². The number of imidazole rings is 1. The van der Waals surface area contributed by atoms with Crippen LogP contribution in [0.1, 0.15) is 19.5 Å². The van der Waals surface area contributed by atoms with Crippen LogP contribution in [0.4, 0.5) is 4.39 Å². The lowest BCUT2D eigenvalue weighted by molar-refractivity contribution is 0.0739. The van der Waals surface area contributed by atoms with E-state index in [2.05, 4.69) is 9.97 Å². The maximum absolute atomic E-state index is 13.2. The van der Waals surface area contributed by atoms with Gasteiger partial charge < -0.3 is 5.11 Å². The van der Waals surface area contributed by atoms with Crippen LogP contribution in [-0.4, -0.2) is 19.5 Å². The standard InChI is InChI=1S/C15H13ClFN3O/c1-15(2,21)13-5-6-20-12(8-18-14(20)19-13)9-3-4-11(17)10(16)7-9/h3-8,21H,1-2H3. The lowest BCUT2D eigenvalue weighted by atomic mass is 10.1. The third-order valence-electron chi connectivity index (χ3n) is 3.22. The number of aromatic nitrogens is 3. The van der Waals surface area contributed by atoms with Gasteiger partial charge in [-0.1, -0.05) is 11.6 Å². The first-order valence-corrected chi connectivity index (χ1v) is 6.76. The highest BCUT2D eigenvalue weighted by Crippen LogP contribution is 2.26. The smallest absolute Gasteiger partial charge is 0.234 e. The molecular formula is C15H13ClFN3O. The quantitative estimate of drug-likeness (QED) is 0.789. The minimum Gasteiger partial charge on any atom is -0.384 e. The van der Waals surface area contributed by atoms with E-state index in [1.54, 1.807) is 48.8 Å². The summed E-state index contributed by atoms with van der Waals surface area (Å²) >= 11 is 5.81. The number of hydrogen-bond donors (Lipinski definition) is 1. The Morgan fingerprint density at radius 2 is 2.05 bits per heavy atom. The molecule has 108 valence electrons. The molecular weight excluding hydrogens is 293 g/mol. The van der Waals surface area contributed by atoms with Crippen molar-refractivity contribution in [3.05, 3.63) is 53.2 Å². The van der Waals surface area contributed by atoms with Crippen molar-refractivity contribution in [2.45, 2.75) is 19.4 Å². The fourth-order valence-corrected chi connectivity index (χ4v) is 2.26. The summed E-state index contributed by atoms with van der Waals surface area (Å²) in [6.45, 7) is 3.32. The normalized spacial score (nSPS) is 12.0. The van der Waals surface area contributed by atoms with Gasteiger partial charge in [0.2, 0.25) is 5.78 Å². The Morgan fingerprint density at radius 3 is 2.71 bits per heavy atom. The van der Waals surface area contributed by atoms with Gasteiger partial charge in [-0.3, -0.25) is 4.40 Å². The van der Waals surface area contributed by atoms with Gasteiger partial charge in [-0.25, -0.2) is 14.4 Å². The molecule has 2 heterocycles. The molecule has 3 rings (SSSR count). The second kappa shape index (κ2) is 4.79. The summed E-state index contributed by atoms with van der Waals surface area (Å²) in [5.74, 6) is 0.00162. The number of rotatable bonds is 2. The molecule has 0 amide bonds. The topological polar surface area (TPSA) is 50.4 Å². The molecule has 21 heavy (non-hydrogen) atoms. The van der Waals surface area contributed by atoms with Gasteiger partial charge in [-0.05, 0) is 38.1 Å². The van der Waals surface area contributed by atoms with Crippen molar-refractivity contribution < 1.29 is 9.50 Å². The maximum Gasteiger partial charge on any atom is 0.234 e. The van der Waals surface area contributed by atoms with E-state index in [0.29, 0.717) is 11.5 Å². The second-order valence-corrected chi connectivity index (χ2v) is 5.72. The van der Waals surface area contributed by atoms with Crippen LogP contribution < -0.4 is 0 Å². The molecule has 1 aromatic carbocycles. The summed E-state index contributed by atoms with van der Waals surface area (Å²) in [5.41, 5.74) is 0.991. The van der Waals surface area contributed by atoms with Crippen molar-refractivity contribution in [1.29, 1.82) is 0 Å². The van der Waals surface area contributed by atoms with Crippen LogP contribution in [0.3, 0.4) is 0 Å². The van der Waals surface area contributed by atoms with Gasteiger partial charge in [0.25, 0.3) is 0 Å². The number of benzene rings is 1. The Morgan fingerprint density at radius 1 is 1.29 bits per heavy atom. The second-order valence-electron chi connectivity index (χ2n) is 5.31. The van der Waals surface area contributed by atoms with Crippen molar-refractivity contribution >= 4 is 17.4 Å². The zero-order chi connectivity index (χ0) is 15.2. The van der Waals surface area contributed by atoms with Crippen molar-refractivity contribution in [1.82, 2.24) is 14.4 Å². The average molecular weight is 306 g/mol. The third kappa shape index (κ3) is 2.50. The van der Waals surface area contributed by atoms with Crippen molar-refractivity contribution in [3.63, 3.8) is 0 Å². The summed E-state index contributed by atoms with van der Waals surface area (Å²) in [5, 5.41) is 10.0. The molecule has 1 N–H and O–H groups in total. The molecule has 0 aliphatic heterocycles. The number of hydrogen-bond acceptors (Lipinski definition) is 3. The molecule has 0 aliphatic carbocycles. The van der Waals surface area contributed by atoms with Gasteiger partial charge >= 0.3 is 0 Å². The first kappa shape index (κ1) is 14.0. The molecule has 0 bridgehead atoms. The van der Waals surface area contributed by atoms with E-state index in [9.17, 15) is 9.50 Å². The Labute approximate surface area is 125 Å². The van der Waals surface area contributed by atoms with Gasteiger partial charge in [0.1, 0.15) is 11.4 Å². The third-order valence-corrected chi connectivity index (χ3v) is 3.51. The van der Waals surface area contributed by atoms with Crippen LogP contribution in [0, 0.1) is 5.82 Å². The summed E-state index contributed by atoms with van der Waals surface area (Å²) in [6.07, 6.45) is 3.41. The van der Waals surface area contributed by atoms with Gasteiger partial charge in [-0.2, -0.15) is 0 Å². The molecule has 0 saturated carbocycles. The van der Waals surface area contributed by atoms with Crippen LogP contribution in [0.2, 0.25) is 5.02 Å². The lowest BCUT2D eigenvalue weighted by Gasteiger charge is -2.16. The van der Waals surface area contributed by atoms with E-state index in [-0.39, 0.29) is 5.02 Å². The van der Waals surface area contributed by atoms with Gasteiger partial charge in [0, 0.05) is 11.8 Å². The van der Waals surface area contributed by atoms with Crippen LogP contribution >= 0.6 is 11.6 Å². The summed E-state index contributed by atoms with van der Waals surface area (Å²) in [4.78, 5) is 8.55. The van der Waals surface area contributed by atoms with Crippen LogP contribution in [0.5, 0.6) is 0 Å². The molecule has 0 unspecified atom stereocenters. The van der Waals surface area contributed by atoms with Crippen molar-refractivity contribution in [2.24, 2.45) is 0 Å². The Kier molecular flexibility index (Phi) is 3.19. The number of nitrogens with zero attached hydrogens (tertiary/aromatic N) is 3. The van der Waals surface area contributed by atoms with Gasteiger partial charge in [0.15, 0.2) is 0 Å². The predicted molar refractivity (Wildman–Crippen MR) is 78.6 cm³/mol. The first-order chi connectivity index (χ1) is 9.86. The highest BCUT2D eigenvalue weighted by molar-refractivity contribution is 6.31. The molecule has 3 aromatic rings. The zero-order valence-corrected chi connectivity index (χ0v) is 12.3. The average Bonchev–Trinajstić information content (AvgIpc) is 2.84. The Bertz CT molecular complexity index is 823. The predicted octanol–water partition coefficient (Wildman–Crippen LogP) is 3.42. The lowest BCUT2D eigenvalue weighted by Crippen LogP contribution is -2.18. The minimum atomic E-state index is -1.03. The van der Waals surface area contributed by atoms with E-state index < -0.39 is 11.4 Å². The van der Waals surface area contributed by atoms with Crippen LogP contribution in [0.15, 0.2) is 36.7 Å². The minimum absolute atomic E-state index is 0.0588. The highest BCUT2D eigenvalue weighted by Gasteiger charge is 2.19. The highest BCUT2D eigenvalue weighted by atomic mass is 35.5. The fourth-order valence-electron chi connectivity index (χ4n) is 2.08. The largest absolute Gasteiger partial charge is 0.384 e. The van der Waals surface area contributed by atoms with Crippen LogP contribution in [0.25, 0.3) is 17.0 Å². The molecule has 6 heteroatoms. The van der Waals surface area contributed by atoms with Gasteiger partial charge in [0.05, 0.1) is 22.6 Å². The number of halogens is 2. The Balaban J connectivity index is 2.14. The first-order valence-electron chi connectivity index (χ1n) is 6.38. The molecule has 4 nitrogen and oxygen atoms in total. The maximum atomic E-state index is 13.2. The fraction of sp³-hybridized carbons (Fsp3) is 0.200. The zero-order valence-electron chi connectivity index (χ0n) is 11.5. The van der Waals surface area contributed by atoms with Crippen molar-refractivity contribution in [3.8, 4) is 11.3 Å². The molecule has 0 spiro atoms. The molecule has 0 atom stereocenters. The molecule has 2 aromatic heterocycles. The van der Waals surface area contributed by atoms with E-state index in [0.717, 1.165) is 11.3 Å². The molecule has 0 radical (unpaired) electrons. The van der Waals surface area contributed by atoms with Crippen LogP contribution in [-0.2, 0) is 5.60 Å². The van der Waals surface area contributed by atoms with Crippen molar-refractivity contribution in [2.75, 3.05) is 0 Å². The Hall–Kier alpha value is -1.98. The molecule has 0 saturated heterocycles. The molecule has 0 fully saturated rings. The van der Waals surface area contributed by atoms with E-state index in [1.807, 2.05) is 0 Å². The number of aliphatic hydroxyl groups is 1. The van der Waals surface area contributed by atoms with E-state index in [4.69, 9.17) is 11.6 Å². The summed E-state index contributed by atoms with van der Waals surface area (Å²) < 4.78 is 15.0. The summed E-state index contributed by atoms with van der Waals surface area (Å²) in [6, 6.07) is 6.22.